The number of fused-ring (bicyclic) bond motifs is 3. The molecule has 1 aromatic rings. The maximum atomic E-state index is 13.8. The number of Topliss-reactive ketones (excluding diaryl/α,β-unsaturated/α-hetero) is 4. The molecule has 4 N–H and O–H groups in total. The van der Waals surface area contributed by atoms with Crippen molar-refractivity contribution in [1.82, 2.24) is 4.90 Å². The van der Waals surface area contributed by atoms with Crippen LogP contribution in [-0.2, 0) is 20.8 Å². The summed E-state index contributed by atoms with van der Waals surface area (Å²) in [5.74, 6) is -7.34. The van der Waals surface area contributed by atoms with Crippen molar-refractivity contribution in [3.05, 3.63) is 28.8 Å². The summed E-state index contributed by atoms with van der Waals surface area (Å²) in [6, 6.07) is 2.23. The first kappa shape index (κ1) is 27.6. The van der Waals surface area contributed by atoms with Gasteiger partial charge in [-0.1, -0.05) is 19.8 Å². The van der Waals surface area contributed by atoms with Crippen molar-refractivity contribution in [3.8, 4) is 5.75 Å². The molecule has 0 saturated heterocycles. The summed E-state index contributed by atoms with van der Waals surface area (Å²) in [5.41, 5.74) is 6.34. The number of hydrogen-bond acceptors (Lipinski definition) is 8. The molecule has 4 aliphatic carbocycles. The maximum Gasteiger partial charge on any atom is 0.230 e. The lowest BCUT2D eigenvalue weighted by Crippen LogP contribution is -2.66. The lowest BCUT2D eigenvalue weighted by Gasteiger charge is -2.51. The van der Waals surface area contributed by atoms with Gasteiger partial charge in [-0.25, -0.2) is 0 Å². The smallest absolute Gasteiger partial charge is 0.230 e. The van der Waals surface area contributed by atoms with E-state index >= 15 is 0 Å². The Balaban J connectivity index is 1.50. The Kier molecular flexibility index (Phi) is 7.26. The first-order valence-electron chi connectivity index (χ1n) is 14.1. The van der Waals surface area contributed by atoms with Gasteiger partial charge < -0.3 is 20.8 Å². The van der Waals surface area contributed by atoms with Crippen LogP contribution in [-0.4, -0.2) is 70.4 Å². The zero-order valence-electron chi connectivity index (χ0n) is 22.8. The molecule has 9 nitrogen and oxygen atoms in total. The van der Waals surface area contributed by atoms with Crippen LogP contribution in [0.5, 0.6) is 5.75 Å². The highest BCUT2D eigenvalue weighted by molar-refractivity contribution is 6.22. The molecule has 210 valence electrons. The molecule has 0 heterocycles. The minimum absolute atomic E-state index is 0.00919. The SMILES string of the molecule is CC1CCC(CC(=O)c2ccc(O)c3c2C[C@@H]2C[C@H]4[C@H](C(=O)C(C(N)=O)C(O)[C@@H]4N(C)C)C(=O)C2C3=O)CC1. The van der Waals surface area contributed by atoms with E-state index in [1.54, 1.807) is 25.1 Å². The van der Waals surface area contributed by atoms with Crippen LogP contribution in [0.2, 0.25) is 0 Å². The third kappa shape index (κ3) is 4.53. The zero-order chi connectivity index (χ0) is 28.3. The molecule has 3 saturated carbocycles. The van der Waals surface area contributed by atoms with Crippen LogP contribution in [0.1, 0.15) is 71.7 Å². The number of aliphatic hydroxyl groups is 1. The highest BCUT2D eigenvalue weighted by Crippen LogP contribution is 2.50. The van der Waals surface area contributed by atoms with E-state index in [4.69, 9.17) is 5.73 Å². The normalized spacial score (nSPS) is 36.2. The second kappa shape index (κ2) is 10.2. The van der Waals surface area contributed by atoms with Crippen molar-refractivity contribution in [1.29, 1.82) is 0 Å². The van der Waals surface area contributed by atoms with Crippen molar-refractivity contribution in [3.63, 3.8) is 0 Å². The van der Waals surface area contributed by atoms with E-state index < -0.39 is 65.0 Å². The topological polar surface area (TPSA) is 155 Å². The molecule has 0 aromatic heterocycles. The van der Waals surface area contributed by atoms with Crippen LogP contribution >= 0.6 is 0 Å². The van der Waals surface area contributed by atoms with Crippen molar-refractivity contribution >= 4 is 29.0 Å². The number of aliphatic hydroxyl groups excluding tert-OH is 1. The second-order valence-corrected chi connectivity index (χ2v) is 12.6. The van der Waals surface area contributed by atoms with Gasteiger partial charge in [0.15, 0.2) is 23.1 Å². The van der Waals surface area contributed by atoms with E-state index in [9.17, 15) is 34.2 Å². The molecule has 7 atom stereocenters. The number of carbonyl (C=O) groups is 5. The summed E-state index contributed by atoms with van der Waals surface area (Å²) in [6.07, 6.45) is 3.69. The summed E-state index contributed by atoms with van der Waals surface area (Å²) in [6.45, 7) is 2.22. The van der Waals surface area contributed by atoms with Gasteiger partial charge in [0, 0.05) is 18.0 Å². The van der Waals surface area contributed by atoms with E-state index in [0.29, 0.717) is 23.5 Å². The number of likely N-dealkylation sites (N-methyl/N-ethyl adjacent to an activating group) is 1. The lowest BCUT2D eigenvalue weighted by molar-refractivity contribution is -0.161. The average molecular weight is 539 g/mol. The average Bonchev–Trinajstić information content (AvgIpc) is 2.84. The second-order valence-electron chi connectivity index (χ2n) is 12.6. The minimum Gasteiger partial charge on any atom is -0.507 e. The monoisotopic (exact) mass is 538 g/mol. The van der Waals surface area contributed by atoms with Crippen LogP contribution < -0.4 is 5.73 Å². The predicted molar refractivity (Wildman–Crippen MR) is 141 cm³/mol. The van der Waals surface area contributed by atoms with Gasteiger partial charge in [0.1, 0.15) is 11.7 Å². The molecule has 0 aliphatic heterocycles. The molecule has 1 aromatic carbocycles. The Morgan fingerprint density at radius 1 is 1.03 bits per heavy atom. The Morgan fingerprint density at radius 3 is 2.31 bits per heavy atom. The fraction of sp³-hybridized carbons (Fsp3) is 0.633. The largest absolute Gasteiger partial charge is 0.507 e. The standard InChI is InChI=1S/C30H38N2O7/c1-13-4-6-14(7-5-13)10-20(34)16-8-9-19(33)22-17(16)11-15-12-18-23(27(36)21(15)26(22)35)28(37)24(30(31)39)29(38)25(18)32(2)3/h8-9,13-15,18,21,23-25,29,33,38H,4-7,10-12H2,1-3H3,(H2,31,39)/t13?,14?,15-,18+,21?,23+,24?,25-,29?/m1/s1. The van der Waals surface area contributed by atoms with E-state index in [-0.39, 0.29) is 35.9 Å². The molecule has 0 radical (unpaired) electrons. The Hall–Kier alpha value is -2.91. The van der Waals surface area contributed by atoms with E-state index in [0.717, 1.165) is 25.7 Å². The third-order valence-corrected chi connectivity index (χ3v) is 9.93. The highest BCUT2D eigenvalue weighted by atomic mass is 16.3. The number of primary amides is 1. The van der Waals surface area contributed by atoms with Crippen LogP contribution in [0.3, 0.4) is 0 Å². The number of nitrogens with two attached hydrogens (primary N) is 1. The predicted octanol–water partition coefficient (Wildman–Crippen LogP) is 1.94. The number of aromatic hydroxyl groups is 1. The molecule has 0 spiro atoms. The van der Waals surface area contributed by atoms with Crippen molar-refractivity contribution in [2.75, 3.05) is 14.1 Å². The number of phenolic OH excluding ortho intramolecular Hbond substituents is 1. The number of hydrogen-bond donors (Lipinski definition) is 3. The molecule has 9 heteroatoms. The molecule has 0 bridgehead atoms. The number of nitrogens with zero attached hydrogens (tertiary/aromatic N) is 1. The van der Waals surface area contributed by atoms with Gasteiger partial charge in [-0.3, -0.25) is 24.0 Å². The molecular weight excluding hydrogens is 500 g/mol. The Labute approximate surface area is 228 Å². The van der Waals surface area contributed by atoms with Crippen molar-refractivity contribution in [2.24, 2.45) is 47.2 Å². The summed E-state index contributed by atoms with van der Waals surface area (Å²) < 4.78 is 0. The highest BCUT2D eigenvalue weighted by Gasteiger charge is 2.61. The maximum absolute atomic E-state index is 13.8. The first-order chi connectivity index (χ1) is 18.4. The molecular formula is C30H38N2O7. The number of ketones is 4. The van der Waals surface area contributed by atoms with Gasteiger partial charge in [-0.05, 0) is 81.1 Å². The van der Waals surface area contributed by atoms with E-state index in [1.807, 2.05) is 0 Å². The lowest BCUT2D eigenvalue weighted by atomic mass is 9.54. The minimum atomic E-state index is -1.54. The van der Waals surface area contributed by atoms with Gasteiger partial charge in [0.05, 0.1) is 23.5 Å². The third-order valence-electron chi connectivity index (χ3n) is 9.93. The van der Waals surface area contributed by atoms with Crippen LogP contribution in [0.4, 0.5) is 0 Å². The van der Waals surface area contributed by atoms with Gasteiger partial charge in [0.25, 0.3) is 0 Å². The van der Waals surface area contributed by atoms with Crippen molar-refractivity contribution < 1.29 is 34.2 Å². The number of benzene rings is 1. The number of rotatable bonds is 5. The molecule has 3 unspecified atom stereocenters. The molecule has 1 amide bonds. The summed E-state index contributed by atoms with van der Waals surface area (Å²) in [5, 5.41) is 21.7. The molecule has 39 heavy (non-hydrogen) atoms. The van der Waals surface area contributed by atoms with Gasteiger partial charge in [-0.15, -0.1) is 0 Å². The molecule has 4 aliphatic rings. The summed E-state index contributed by atoms with van der Waals surface area (Å²) in [4.78, 5) is 68.3. The van der Waals surface area contributed by atoms with Gasteiger partial charge >= 0.3 is 0 Å². The van der Waals surface area contributed by atoms with Crippen LogP contribution in [0.25, 0.3) is 0 Å². The Bertz CT molecular complexity index is 1230. The Morgan fingerprint density at radius 2 is 1.69 bits per heavy atom. The first-order valence-corrected chi connectivity index (χ1v) is 14.1. The quantitative estimate of drug-likeness (QED) is 0.379. The van der Waals surface area contributed by atoms with E-state index in [2.05, 4.69) is 6.92 Å². The zero-order valence-corrected chi connectivity index (χ0v) is 22.8. The van der Waals surface area contributed by atoms with Gasteiger partial charge in [-0.2, -0.15) is 0 Å². The molecule has 3 fully saturated rings. The summed E-state index contributed by atoms with van der Waals surface area (Å²) in [7, 11) is 3.41. The molecule has 5 rings (SSSR count). The fourth-order valence-electron chi connectivity index (χ4n) is 8.01. The van der Waals surface area contributed by atoms with Crippen LogP contribution in [0, 0.1) is 41.4 Å². The number of amides is 1. The van der Waals surface area contributed by atoms with Gasteiger partial charge in [0.2, 0.25) is 5.91 Å². The summed E-state index contributed by atoms with van der Waals surface area (Å²) >= 11 is 0. The van der Waals surface area contributed by atoms with Crippen molar-refractivity contribution in [2.45, 2.75) is 64.0 Å². The number of phenols is 1. The van der Waals surface area contributed by atoms with Crippen LogP contribution in [0.15, 0.2) is 12.1 Å². The van der Waals surface area contributed by atoms with E-state index in [1.165, 1.54) is 6.07 Å². The fourth-order valence-corrected chi connectivity index (χ4v) is 8.01. The number of carbonyl (C=O) groups excluding carboxylic acids is 5.